The number of rotatable bonds is 8. The summed E-state index contributed by atoms with van der Waals surface area (Å²) in [5.74, 6) is -0.117. The van der Waals surface area contributed by atoms with Crippen molar-refractivity contribution in [2.75, 3.05) is 26.7 Å². The van der Waals surface area contributed by atoms with Crippen LogP contribution in [0.5, 0.6) is 0 Å². The largest absolute Gasteiger partial charge is 0.465 e. The Labute approximate surface area is 130 Å². The van der Waals surface area contributed by atoms with Gasteiger partial charge in [-0.25, -0.2) is 0 Å². The fourth-order valence-corrected chi connectivity index (χ4v) is 3.05. The topological polar surface area (TPSA) is 41.6 Å². The molecule has 0 bridgehead atoms. The fourth-order valence-electron chi connectivity index (χ4n) is 3.05. The first-order valence-corrected chi connectivity index (χ1v) is 8.50. The van der Waals surface area contributed by atoms with Gasteiger partial charge in [-0.2, -0.15) is 0 Å². The van der Waals surface area contributed by atoms with Crippen molar-refractivity contribution in [1.82, 2.24) is 10.2 Å². The average Bonchev–Trinajstić information content (AvgIpc) is 2.43. The van der Waals surface area contributed by atoms with Gasteiger partial charge in [-0.1, -0.05) is 20.8 Å². The monoisotopic (exact) mass is 298 g/mol. The molecule has 0 aromatic carbocycles. The predicted molar refractivity (Wildman–Crippen MR) is 87.4 cm³/mol. The summed E-state index contributed by atoms with van der Waals surface area (Å²) < 4.78 is 5.19. The van der Waals surface area contributed by atoms with E-state index in [0.717, 1.165) is 19.5 Å². The van der Waals surface area contributed by atoms with Crippen LogP contribution in [0.3, 0.4) is 0 Å². The highest BCUT2D eigenvalue weighted by atomic mass is 16.5. The molecule has 0 aromatic heterocycles. The molecule has 4 nitrogen and oxygen atoms in total. The van der Waals surface area contributed by atoms with Gasteiger partial charge in [0.1, 0.15) is 6.04 Å². The number of carbonyl (C=O) groups is 1. The fraction of sp³-hybridized carbons (Fsp3) is 0.941. The second kappa shape index (κ2) is 8.74. The standard InChI is InChI=1S/C17H34N2O2/c1-6-12-18-15(16(20)21-7-2)13-19(5)14-8-10-17(3,4)11-9-14/h14-15,18H,6-13H2,1-5H3. The van der Waals surface area contributed by atoms with Crippen molar-refractivity contribution < 1.29 is 9.53 Å². The number of likely N-dealkylation sites (N-methyl/N-ethyl adjacent to an activating group) is 1. The Hall–Kier alpha value is -0.610. The van der Waals surface area contributed by atoms with Crippen molar-refractivity contribution in [2.24, 2.45) is 5.41 Å². The van der Waals surface area contributed by atoms with Gasteiger partial charge in [0.15, 0.2) is 0 Å². The molecule has 1 saturated carbocycles. The molecule has 1 aliphatic carbocycles. The second-order valence-corrected chi connectivity index (χ2v) is 7.09. The molecule has 1 unspecified atom stereocenters. The quantitative estimate of drug-likeness (QED) is 0.700. The maximum Gasteiger partial charge on any atom is 0.324 e. The highest BCUT2D eigenvalue weighted by Gasteiger charge is 2.30. The second-order valence-electron chi connectivity index (χ2n) is 7.09. The third kappa shape index (κ3) is 6.35. The molecule has 0 amide bonds. The van der Waals surface area contributed by atoms with Crippen molar-refractivity contribution in [3.63, 3.8) is 0 Å². The molecule has 0 saturated heterocycles. The average molecular weight is 298 g/mol. The highest BCUT2D eigenvalue weighted by Crippen LogP contribution is 2.36. The van der Waals surface area contributed by atoms with Crippen LogP contribution in [-0.2, 0) is 9.53 Å². The molecule has 1 atom stereocenters. The summed E-state index contributed by atoms with van der Waals surface area (Å²) in [5.41, 5.74) is 0.484. The SMILES string of the molecule is CCCNC(CN(C)C1CCC(C)(C)CC1)C(=O)OCC. The number of carbonyl (C=O) groups excluding carboxylic acids is 1. The Morgan fingerprint density at radius 1 is 1.33 bits per heavy atom. The lowest BCUT2D eigenvalue weighted by Gasteiger charge is -2.39. The molecule has 1 N–H and O–H groups in total. The van der Waals surface area contributed by atoms with E-state index in [4.69, 9.17) is 4.74 Å². The van der Waals surface area contributed by atoms with E-state index in [1.54, 1.807) is 0 Å². The maximum atomic E-state index is 12.1. The van der Waals surface area contributed by atoms with Gasteiger partial charge in [-0.3, -0.25) is 4.79 Å². The van der Waals surface area contributed by atoms with E-state index in [0.29, 0.717) is 18.1 Å². The van der Waals surface area contributed by atoms with Crippen molar-refractivity contribution in [2.45, 2.75) is 71.9 Å². The zero-order chi connectivity index (χ0) is 15.9. The first-order valence-electron chi connectivity index (χ1n) is 8.50. The van der Waals surface area contributed by atoms with E-state index < -0.39 is 0 Å². The van der Waals surface area contributed by atoms with Gasteiger partial charge in [0.25, 0.3) is 0 Å². The van der Waals surface area contributed by atoms with Crippen LogP contribution < -0.4 is 5.32 Å². The Bertz CT molecular complexity index is 308. The minimum absolute atomic E-state index is 0.117. The number of hydrogen-bond donors (Lipinski definition) is 1. The highest BCUT2D eigenvalue weighted by molar-refractivity contribution is 5.76. The first-order chi connectivity index (χ1) is 9.89. The molecular formula is C17H34N2O2. The molecule has 4 heteroatoms. The minimum Gasteiger partial charge on any atom is -0.465 e. The van der Waals surface area contributed by atoms with Crippen LogP contribution in [-0.4, -0.2) is 49.7 Å². The minimum atomic E-state index is -0.204. The van der Waals surface area contributed by atoms with Gasteiger partial charge in [0, 0.05) is 12.6 Å². The third-order valence-electron chi connectivity index (χ3n) is 4.61. The Kier molecular flexibility index (Phi) is 7.67. The summed E-state index contributed by atoms with van der Waals surface area (Å²) in [6.07, 6.45) is 6.03. The van der Waals surface area contributed by atoms with Crippen LogP contribution in [0.25, 0.3) is 0 Å². The number of esters is 1. The number of nitrogens with one attached hydrogen (secondary N) is 1. The summed E-state index contributed by atoms with van der Waals surface area (Å²) in [4.78, 5) is 14.4. The molecule has 0 spiro atoms. The van der Waals surface area contributed by atoms with Crippen molar-refractivity contribution in [3.05, 3.63) is 0 Å². The molecule has 0 aliphatic heterocycles. The van der Waals surface area contributed by atoms with E-state index in [9.17, 15) is 4.79 Å². The molecule has 0 heterocycles. The Morgan fingerprint density at radius 3 is 2.48 bits per heavy atom. The van der Waals surface area contributed by atoms with Gasteiger partial charge < -0.3 is 15.0 Å². The summed E-state index contributed by atoms with van der Waals surface area (Å²) >= 11 is 0. The van der Waals surface area contributed by atoms with E-state index in [-0.39, 0.29) is 12.0 Å². The van der Waals surface area contributed by atoms with Gasteiger partial charge >= 0.3 is 5.97 Å². The Morgan fingerprint density at radius 2 is 1.95 bits per heavy atom. The van der Waals surface area contributed by atoms with E-state index in [1.165, 1.54) is 25.7 Å². The third-order valence-corrected chi connectivity index (χ3v) is 4.61. The predicted octanol–water partition coefficient (Wildman–Crippen LogP) is 2.82. The van der Waals surface area contributed by atoms with Gasteiger partial charge in [-0.05, 0) is 58.0 Å². The van der Waals surface area contributed by atoms with Crippen molar-refractivity contribution >= 4 is 5.97 Å². The molecule has 1 aliphatic rings. The lowest BCUT2D eigenvalue weighted by Crippen LogP contribution is -2.49. The van der Waals surface area contributed by atoms with Gasteiger partial charge in [-0.15, -0.1) is 0 Å². The van der Waals surface area contributed by atoms with E-state index >= 15 is 0 Å². The van der Waals surface area contributed by atoms with Crippen LogP contribution in [0.1, 0.15) is 59.8 Å². The number of hydrogen-bond acceptors (Lipinski definition) is 4. The molecule has 1 rings (SSSR count). The molecular weight excluding hydrogens is 264 g/mol. The summed E-state index contributed by atoms with van der Waals surface area (Å²) in [7, 11) is 2.14. The Balaban J connectivity index is 2.51. The normalized spacial score (nSPS) is 20.5. The van der Waals surface area contributed by atoms with E-state index in [1.807, 2.05) is 6.92 Å². The lowest BCUT2D eigenvalue weighted by atomic mass is 9.75. The maximum absolute atomic E-state index is 12.1. The summed E-state index contributed by atoms with van der Waals surface area (Å²) in [6, 6.07) is 0.392. The van der Waals surface area contributed by atoms with Crippen molar-refractivity contribution in [3.8, 4) is 0 Å². The zero-order valence-corrected chi connectivity index (χ0v) is 14.6. The molecule has 0 radical (unpaired) electrons. The van der Waals surface area contributed by atoms with Crippen LogP contribution in [0, 0.1) is 5.41 Å². The van der Waals surface area contributed by atoms with Crippen LogP contribution in [0.2, 0.25) is 0 Å². The number of ether oxygens (including phenoxy) is 1. The van der Waals surface area contributed by atoms with Crippen LogP contribution in [0.15, 0.2) is 0 Å². The van der Waals surface area contributed by atoms with Crippen LogP contribution in [0.4, 0.5) is 0 Å². The zero-order valence-electron chi connectivity index (χ0n) is 14.6. The summed E-state index contributed by atoms with van der Waals surface area (Å²) in [5, 5.41) is 3.32. The lowest BCUT2D eigenvalue weighted by molar-refractivity contribution is -0.146. The molecule has 124 valence electrons. The van der Waals surface area contributed by atoms with Gasteiger partial charge in [0.2, 0.25) is 0 Å². The summed E-state index contributed by atoms with van der Waals surface area (Å²) in [6.45, 7) is 10.7. The van der Waals surface area contributed by atoms with Crippen LogP contribution >= 0.6 is 0 Å². The van der Waals surface area contributed by atoms with E-state index in [2.05, 4.69) is 38.0 Å². The van der Waals surface area contributed by atoms with Crippen molar-refractivity contribution in [1.29, 1.82) is 0 Å². The molecule has 0 aromatic rings. The number of nitrogens with zero attached hydrogens (tertiary/aromatic N) is 1. The molecule has 21 heavy (non-hydrogen) atoms. The smallest absolute Gasteiger partial charge is 0.324 e. The molecule has 1 fully saturated rings. The first kappa shape index (κ1) is 18.4. The van der Waals surface area contributed by atoms with Gasteiger partial charge in [0.05, 0.1) is 6.61 Å².